The summed E-state index contributed by atoms with van der Waals surface area (Å²) in [6.45, 7) is 4.65. The normalized spacial score (nSPS) is 32.6. The van der Waals surface area contributed by atoms with E-state index in [1.165, 1.54) is 11.3 Å². The highest BCUT2D eigenvalue weighted by molar-refractivity contribution is 7.92. The van der Waals surface area contributed by atoms with Gasteiger partial charge in [0, 0.05) is 49.7 Å². The Kier molecular flexibility index (Phi) is 4.59. The number of sulfone groups is 1. The number of hydrogen-bond donors (Lipinski definition) is 1. The minimum Gasteiger partial charge on any atom is -0.381 e. The van der Waals surface area contributed by atoms with E-state index in [2.05, 4.69) is 15.2 Å². The summed E-state index contributed by atoms with van der Waals surface area (Å²) < 4.78 is 30.6. The molecule has 0 bridgehead atoms. The first-order valence-corrected chi connectivity index (χ1v) is 11.3. The first-order valence-electron chi connectivity index (χ1n) is 8.70. The molecule has 3 aliphatic rings. The third-order valence-electron chi connectivity index (χ3n) is 5.60. The van der Waals surface area contributed by atoms with E-state index in [9.17, 15) is 13.2 Å². The van der Waals surface area contributed by atoms with Gasteiger partial charge in [0.05, 0.1) is 16.0 Å². The monoisotopic (exact) mass is 385 g/mol. The topological polar surface area (TPSA) is 88.6 Å². The van der Waals surface area contributed by atoms with Gasteiger partial charge in [-0.15, -0.1) is 11.3 Å². The number of nitrogens with zero attached hydrogens (tertiary/aromatic N) is 2. The molecule has 0 spiro atoms. The molecule has 1 N–H and O–H groups in total. The van der Waals surface area contributed by atoms with E-state index in [0.717, 1.165) is 37.6 Å². The summed E-state index contributed by atoms with van der Waals surface area (Å²) in [6.07, 6.45) is 1.91. The highest BCUT2D eigenvalue weighted by Crippen LogP contribution is 2.36. The van der Waals surface area contributed by atoms with Crippen LogP contribution in [0.4, 0.5) is 0 Å². The van der Waals surface area contributed by atoms with Gasteiger partial charge in [-0.3, -0.25) is 9.69 Å². The summed E-state index contributed by atoms with van der Waals surface area (Å²) in [5, 5.41) is 5.11. The minimum atomic E-state index is -3.17. The maximum atomic E-state index is 12.6. The zero-order chi connectivity index (χ0) is 17.6. The van der Waals surface area contributed by atoms with Crippen LogP contribution in [0.3, 0.4) is 0 Å². The third kappa shape index (κ3) is 3.34. The van der Waals surface area contributed by atoms with E-state index < -0.39 is 9.84 Å². The fraction of sp³-hybridized carbons (Fsp3) is 0.750. The van der Waals surface area contributed by atoms with Crippen LogP contribution in [0.5, 0.6) is 0 Å². The number of ether oxygens (including phenoxy) is 1. The molecule has 7 nitrogen and oxygen atoms in total. The third-order valence-corrected chi connectivity index (χ3v) is 8.62. The van der Waals surface area contributed by atoms with Crippen molar-refractivity contribution in [2.75, 3.05) is 32.1 Å². The van der Waals surface area contributed by atoms with Gasteiger partial charge in [-0.1, -0.05) is 0 Å². The Bertz CT molecular complexity index is 757. The molecule has 0 aromatic carbocycles. The number of likely N-dealkylation sites (tertiary alicyclic amines) is 1. The van der Waals surface area contributed by atoms with Crippen molar-refractivity contribution >= 4 is 27.1 Å². The quantitative estimate of drug-likeness (QED) is 0.813. The summed E-state index contributed by atoms with van der Waals surface area (Å²) in [6, 6.07) is 0.0708. The number of aryl methyl sites for hydroxylation is 1. The molecular weight excluding hydrogens is 362 g/mol. The Balaban J connectivity index is 1.47. The predicted octanol–water partition coefficient (Wildman–Crippen LogP) is 0.458. The fourth-order valence-electron chi connectivity index (χ4n) is 4.30. The van der Waals surface area contributed by atoms with E-state index in [1.807, 2.05) is 6.92 Å². The van der Waals surface area contributed by atoms with Crippen LogP contribution < -0.4 is 5.32 Å². The van der Waals surface area contributed by atoms with Crippen molar-refractivity contribution in [2.24, 2.45) is 5.92 Å². The van der Waals surface area contributed by atoms with Crippen LogP contribution in [0.1, 0.15) is 28.3 Å². The molecule has 3 atom stereocenters. The van der Waals surface area contributed by atoms with Crippen molar-refractivity contribution in [1.82, 2.24) is 15.2 Å². The van der Waals surface area contributed by atoms with Crippen molar-refractivity contribution in [3.8, 4) is 0 Å². The van der Waals surface area contributed by atoms with Crippen molar-refractivity contribution in [2.45, 2.75) is 37.1 Å². The molecule has 0 radical (unpaired) electrons. The van der Waals surface area contributed by atoms with Crippen molar-refractivity contribution in [1.29, 1.82) is 0 Å². The van der Waals surface area contributed by atoms with Crippen LogP contribution in [0, 0.1) is 12.8 Å². The molecule has 138 valence electrons. The van der Waals surface area contributed by atoms with Gasteiger partial charge < -0.3 is 10.1 Å². The van der Waals surface area contributed by atoms with Crippen LogP contribution >= 0.6 is 11.3 Å². The molecule has 1 aromatic rings. The molecule has 0 saturated carbocycles. The lowest BCUT2D eigenvalue weighted by molar-refractivity contribution is 0.0406. The smallest absolute Gasteiger partial charge is 0.271 e. The van der Waals surface area contributed by atoms with E-state index in [0.29, 0.717) is 18.3 Å². The molecule has 1 amide bonds. The van der Waals surface area contributed by atoms with Gasteiger partial charge in [-0.05, 0) is 19.8 Å². The van der Waals surface area contributed by atoms with Gasteiger partial charge in [0.1, 0.15) is 5.69 Å². The van der Waals surface area contributed by atoms with Gasteiger partial charge in [-0.2, -0.15) is 0 Å². The van der Waals surface area contributed by atoms with E-state index in [4.69, 9.17) is 4.74 Å². The first-order chi connectivity index (χ1) is 11.9. The maximum absolute atomic E-state index is 12.6. The minimum absolute atomic E-state index is 0.0310. The number of thiazole rings is 1. The molecule has 0 unspecified atom stereocenters. The Morgan fingerprint density at radius 2 is 2.12 bits per heavy atom. The zero-order valence-corrected chi connectivity index (χ0v) is 15.8. The predicted molar refractivity (Wildman–Crippen MR) is 94.6 cm³/mol. The molecule has 9 heteroatoms. The molecule has 3 fully saturated rings. The number of aromatic nitrogens is 1. The second-order valence-corrected chi connectivity index (χ2v) is 10.5. The fourth-order valence-corrected chi connectivity index (χ4v) is 7.20. The number of carbonyl (C=O) groups is 1. The van der Waals surface area contributed by atoms with E-state index >= 15 is 0 Å². The van der Waals surface area contributed by atoms with Gasteiger partial charge >= 0.3 is 0 Å². The average molecular weight is 386 g/mol. The number of carbonyl (C=O) groups excluding carboxylic acids is 1. The maximum Gasteiger partial charge on any atom is 0.271 e. The van der Waals surface area contributed by atoms with Crippen LogP contribution in [-0.4, -0.2) is 73.6 Å². The Morgan fingerprint density at radius 1 is 1.36 bits per heavy atom. The molecule has 4 heterocycles. The number of hydrogen-bond acceptors (Lipinski definition) is 7. The lowest BCUT2D eigenvalue weighted by Gasteiger charge is -2.32. The molecule has 3 aliphatic heterocycles. The summed E-state index contributed by atoms with van der Waals surface area (Å²) >= 11 is 1.42. The molecule has 25 heavy (non-hydrogen) atoms. The van der Waals surface area contributed by atoms with Gasteiger partial charge in [-0.25, -0.2) is 13.4 Å². The van der Waals surface area contributed by atoms with Crippen LogP contribution in [0.15, 0.2) is 5.38 Å². The molecule has 4 rings (SSSR count). The van der Waals surface area contributed by atoms with Crippen LogP contribution in [0.2, 0.25) is 0 Å². The highest BCUT2D eigenvalue weighted by Gasteiger charge is 2.53. The standard InChI is InChI=1S/C16H23N3O4S2/c1-10-17-13(8-24-10)16(20)18-14-9-25(21,22)15-7-19(6-12(14)15)11-2-4-23-5-3-11/h8,11-12,14-15H,2-7,9H2,1H3,(H,18,20)/t12-,14+,15-/m0/s1. The van der Waals surface area contributed by atoms with Crippen LogP contribution in [-0.2, 0) is 14.6 Å². The second kappa shape index (κ2) is 6.61. The SMILES string of the molecule is Cc1nc(C(=O)N[C@@H]2CS(=O)(=O)[C@H]3CN(C4CCOCC4)C[C@@H]23)cs1. The van der Waals surface area contributed by atoms with Crippen LogP contribution in [0.25, 0.3) is 0 Å². The van der Waals surface area contributed by atoms with Crippen molar-refractivity contribution in [3.05, 3.63) is 16.1 Å². The van der Waals surface area contributed by atoms with Gasteiger partial charge in [0.15, 0.2) is 9.84 Å². The summed E-state index contributed by atoms with van der Waals surface area (Å²) in [7, 11) is -3.17. The Labute approximate surface area is 151 Å². The number of amides is 1. The molecular formula is C16H23N3O4S2. The van der Waals surface area contributed by atoms with E-state index in [1.54, 1.807) is 5.38 Å². The highest BCUT2D eigenvalue weighted by atomic mass is 32.2. The number of rotatable bonds is 3. The van der Waals surface area contributed by atoms with E-state index in [-0.39, 0.29) is 28.9 Å². The summed E-state index contributed by atoms with van der Waals surface area (Å²) in [5.74, 6) is -0.259. The lowest BCUT2D eigenvalue weighted by atomic mass is 10.00. The van der Waals surface area contributed by atoms with Crippen molar-refractivity contribution in [3.63, 3.8) is 0 Å². The van der Waals surface area contributed by atoms with Gasteiger partial charge in [0.25, 0.3) is 5.91 Å². The molecule has 3 saturated heterocycles. The Hall–Kier alpha value is -1.03. The van der Waals surface area contributed by atoms with Crippen molar-refractivity contribution < 1.29 is 17.9 Å². The lowest BCUT2D eigenvalue weighted by Crippen LogP contribution is -2.44. The Morgan fingerprint density at radius 3 is 2.80 bits per heavy atom. The van der Waals surface area contributed by atoms with Gasteiger partial charge in [0.2, 0.25) is 0 Å². The molecule has 1 aromatic heterocycles. The first kappa shape index (κ1) is 17.4. The largest absolute Gasteiger partial charge is 0.381 e. The number of nitrogens with one attached hydrogen (secondary N) is 1. The zero-order valence-electron chi connectivity index (χ0n) is 14.2. The second-order valence-electron chi connectivity index (χ2n) is 7.16. The summed E-state index contributed by atoms with van der Waals surface area (Å²) in [5.41, 5.74) is 0.377. The molecule has 0 aliphatic carbocycles. The number of fused-ring (bicyclic) bond motifs is 1. The summed E-state index contributed by atoms with van der Waals surface area (Å²) in [4.78, 5) is 18.9. The average Bonchev–Trinajstić information content (AvgIpc) is 3.26.